The smallest absolute Gasteiger partial charge is 0.135 e. The molecule has 0 unspecified atom stereocenters. The van der Waals surface area contributed by atoms with E-state index in [1.54, 1.807) is 0 Å². The van der Waals surface area contributed by atoms with Crippen LogP contribution in [0.5, 0.6) is 0 Å². The molecule has 5 heteroatoms. The maximum absolute atomic E-state index is 6.57. The standard InChI is InChI=1S/C19H30N4O/c1-12(2)14-8-20-13(3)21-18(14)23-10-16-15(9-22(4)5)17-6-7-19(16,11-23)24-17/h8,12,15-17H,6-7,9-11H2,1-5H3/t15-,16+,17+,19+/m0/s1. The van der Waals surface area contributed by atoms with E-state index in [-0.39, 0.29) is 5.60 Å². The molecule has 4 heterocycles. The van der Waals surface area contributed by atoms with Crippen molar-refractivity contribution in [3.63, 3.8) is 0 Å². The molecular weight excluding hydrogens is 300 g/mol. The van der Waals surface area contributed by atoms with Gasteiger partial charge in [-0.1, -0.05) is 13.8 Å². The molecule has 4 rings (SSSR count). The summed E-state index contributed by atoms with van der Waals surface area (Å²) in [5, 5.41) is 0. The minimum absolute atomic E-state index is 0.0679. The Kier molecular flexibility index (Phi) is 3.84. The number of hydrogen-bond acceptors (Lipinski definition) is 5. The third-order valence-electron chi connectivity index (χ3n) is 6.20. The first-order valence-corrected chi connectivity index (χ1v) is 9.30. The molecule has 0 N–H and O–H groups in total. The lowest BCUT2D eigenvalue weighted by molar-refractivity contribution is 0.0136. The van der Waals surface area contributed by atoms with Crippen LogP contribution in [0.1, 0.15) is 44.0 Å². The molecule has 1 aromatic heterocycles. The van der Waals surface area contributed by atoms with Gasteiger partial charge < -0.3 is 14.5 Å². The highest BCUT2D eigenvalue weighted by atomic mass is 16.5. The van der Waals surface area contributed by atoms with Gasteiger partial charge >= 0.3 is 0 Å². The summed E-state index contributed by atoms with van der Waals surface area (Å²) in [5.74, 6) is 3.72. The first-order valence-electron chi connectivity index (χ1n) is 9.30. The van der Waals surface area contributed by atoms with Gasteiger partial charge in [0.2, 0.25) is 0 Å². The van der Waals surface area contributed by atoms with E-state index >= 15 is 0 Å². The molecule has 0 saturated carbocycles. The van der Waals surface area contributed by atoms with Crippen LogP contribution in [0, 0.1) is 18.8 Å². The number of anilines is 1. The molecule has 4 atom stereocenters. The van der Waals surface area contributed by atoms with E-state index in [2.05, 4.69) is 42.7 Å². The van der Waals surface area contributed by atoms with Gasteiger partial charge in [0.15, 0.2) is 0 Å². The number of aromatic nitrogens is 2. The average Bonchev–Trinajstić information content (AvgIpc) is 3.16. The quantitative estimate of drug-likeness (QED) is 0.848. The second-order valence-corrected chi connectivity index (χ2v) is 8.52. The van der Waals surface area contributed by atoms with Gasteiger partial charge in [-0.05, 0) is 39.8 Å². The van der Waals surface area contributed by atoms with Gasteiger partial charge in [0.1, 0.15) is 11.6 Å². The third-order valence-corrected chi connectivity index (χ3v) is 6.20. The molecule has 0 aliphatic carbocycles. The predicted octanol–water partition coefficient (Wildman–Crippen LogP) is 2.45. The zero-order chi connectivity index (χ0) is 17.1. The zero-order valence-corrected chi connectivity index (χ0v) is 15.6. The SMILES string of the molecule is Cc1ncc(C(C)C)c(N2C[C@@H]3[C@H](CN(C)C)[C@H]4CC[C@]3(C2)O4)n1. The van der Waals surface area contributed by atoms with Crippen molar-refractivity contribution in [3.8, 4) is 0 Å². The summed E-state index contributed by atoms with van der Waals surface area (Å²) >= 11 is 0. The van der Waals surface area contributed by atoms with Crippen molar-refractivity contribution in [2.75, 3.05) is 38.6 Å². The Labute approximate surface area is 145 Å². The molecule has 1 spiro atoms. The summed E-state index contributed by atoms with van der Waals surface area (Å²) in [6, 6.07) is 0. The molecule has 0 amide bonds. The topological polar surface area (TPSA) is 41.5 Å². The van der Waals surface area contributed by atoms with E-state index in [1.165, 1.54) is 18.4 Å². The summed E-state index contributed by atoms with van der Waals surface area (Å²) in [7, 11) is 4.35. The van der Waals surface area contributed by atoms with E-state index in [1.807, 2.05) is 13.1 Å². The lowest BCUT2D eigenvalue weighted by atomic mass is 9.73. The Morgan fingerprint density at radius 1 is 1.42 bits per heavy atom. The first-order chi connectivity index (χ1) is 11.4. The van der Waals surface area contributed by atoms with E-state index in [0.29, 0.717) is 23.9 Å². The lowest BCUT2D eigenvalue weighted by Crippen LogP contribution is -2.40. The maximum atomic E-state index is 6.57. The number of nitrogens with zero attached hydrogens (tertiary/aromatic N) is 4. The fraction of sp³-hybridized carbons (Fsp3) is 0.789. The monoisotopic (exact) mass is 330 g/mol. The zero-order valence-electron chi connectivity index (χ0n) is 15.6. The van der Waals surface area contributed by atoms with Crippen LogP contribution in [0.4, 0.5) is 5.82 Å². The van der Waals surface area contributed by atoms with Crippen molar-refractivity contribution in [1.82, 2.24) is 14.9 Å². The lowest BCUT2D eigenvalue weighted by Gasteiger charge is -2.30. The van der Waals surface area contributed by atoms with Gasteiger partial charge in [0, 0.05) is 43.2 Å². The van der Waals surface area contributed by atoms with Gasteiger partial charge in [-0.2, -0.15) is 0 Å². The number of rotatable bonds is 4. The van der Waals surface area contributed by atoms with E-state index in [9.17, 15) is 0 Å². The van der Waals surface area contributed by atoms with Crippen LogP contribution in [0.25, 0.3) is 0 Å². The Morgan fingerprint density at radius 2 is 2.21 bits per heavy atom. The van der Waals surface area contributed by atoms with Crippen LogP contribution in [-0.4, -0.2) is 60.3 Å². The molecule has 3 aliphatic rings. The molecule has 24 heavy (non-hydrogen) atoms. The van der Waals surface area contributed by atoms with Crippen molar-refractivity contribution in [3.05, 3.63) is 17.6 Å². The van der Waals surface area contributed by atoms with Crippen molar-refractivity contribution in [2.45, 2.75) is 51.2 Å². The summed E-state index contributed by atoms with van der Waals surface area (Å²) < 4.78 is 6.57. The Balaban J connectivity index is 1.64. The van der Waals surface area contributed by atoms with Crippen LogP contribution < -0.4 is 4.90 Å². The van der Waals surface area contributed by atoms with Crippen molar-refractivity contribution in [1.29, 1.82) is 0 Å². The highest BCUT2D eigenvalue weighted by Crippen LogP contribution is 2.55. The third kappa shape index (κ3) is 2.44. The average molecular weight is 330 g/mol. The van der Waals surface area contributed by atoms with Crippen molar-refractivity contribution in [2.24, 2.45) is 11.8 Å². The van der Waals surface area contributed by atoms with Crippen LogP contribution in [0.3, 0.4) is 0 Å². The largest absolute Gasteiger partial charge is 0.369 e. The molecule has 3 saturated heterocycles. The highest BCUT2D eigenvalue weighted by Gasteiger charge is 2.63. The molecular formula is C19H30N4O. The minimum atomic E-state index is 0.0679. The Morgan fingerprint density at radius 3 is 2.92 bits per heavy atom. The van der Waals surface area contributed by atoms with Crippen molar-refractivity contribution < 1.29 is 4.74 Å². The molecule has 1 aromatic rings. The van der Waals surface area contributed by atoms with Crippen LogP contribution in [-0.2, 0) is 4.74 Å². The molecule has 5 nitrogen and oxygen atoms in total. The molecule has 0 aromatic carbocycles. The minimum Gasteiger partial charge on any atom is -0.369 e. The molecule has 0 radical (unpaired) electrons. The molecule has 3 fully saturated rings. The first kappa shape index (κ1) is 16.3. The second-order valence-electron chi connectivity index (χ2n) is 8.52. The van der Waals surface area contributed by atoms with Crippen LogP contribution in [0.15, 0.2) is 6.20 Å². The summed E-state index contributed by atoms with van der Waals surface area (Å²) in [5.41, 5.74) is 1.33. The van der Waals surface area contributed by atoms with Gasteiger partial charge in [0.25, 0.3) is 0 Å². The van der Waals surface area contributed by atoms with Gasteiger partial charge in [-0.15, -0.1) is 0 Å². The molecule has 132 valence electrons. The summed E-state index contributed by atoms with van der Waals surface area (Å²) in [4.78, 5) is 14.1. The van der Waals surface area contributed by atoms with E-state index in [0.717, 1.165) is 31.3 Å². The van der Waals surface area contributed by atoms with Gasteiger partial charge in [-0.3, -0.25) is 0 Å². The summed E-state index contributed by atoms with van der Waals surface area (Å²) in [6.45, 7) is 9.64. The number of ether oxygens (including phenoxy) is 1. The van der Waals surface area contributed by atoms with Crippen LogP contribution in [0.2, 0.25) is 0 Å². The van der Waals surface area contributed by atoms with Gasteiger partial charge in [0.05, 0.1) is 11.7 Å². The Hall–Kier alpha value is -1.20. The van der Waals surface area contributed by atoms with Crippen LogP contribution >= 0.6 is 0 Å². The fourth-order valence-electron chi connectivity index (χ4n) is 5.15. The highest BCUT2D eigenvalue weighted by molar-refractivity contribution is 5.50. The normalized spacial score (nSPS) is 34.6. The summed E-state index contributed by atoms with van der Waals surface area (Å²) in [6.07, 6.45) is 4.92. The predicted molar refractivity (Wildman–Crippen MR) is 95.4 cm³/mol. The molecule has 3 aliphatic heterocycles. The van der Waals surface area contributed by atoms with E-state index in [4.69, 9.17) is 9.72 Å². The second kappa shape index (κ2) is 5.67. The van der Waals surface area contributed by atoms with Gasteiger partial charge in [-0.25, -0.2) is 9.97 Å². The molecule has 2 bridgehead atoms. The van der Waals surface area contributed by atoms with Crippen molar-refractivity contribution >= 4 is 5.82 Å². The number of aryl methyl sites for hydroxylation is 1. The maximum Gasteiger partial charge on any atom is 0.135 e. The number of fused-ring (bicyclic) bond motifs is 1. The van der Waals surface area contributed by atoms with E-state index < -0.39 is 0 Å². The Bertz CT molecular complexity index is 632. The fourth-order valence-corrected chi connectivity index (χ4v) is 5.15. The number of hydrogen-bond donors (Lipinski definition) is 0.